The molecule has 1 fully saturated rings. The smallest absolute Gasteiger partial charge is 0.383 e. The molecule has 2 rings (SSSR count). The largest absolute Gasteiger partial charge is 0.435 e. The van der Waals surface area contributed by atoms with Gasteiger partial charge in [-0.05, 0) is 12.8 Å². The van der Waals surface area contributed by atoms with Crippen molar-refractivity contribution < 1.29 is 17.9 Å². The van der Waals surface area contributed by atoms with E-state index in [9.17, 15) is 13.2 Å². The Morgan fingerprint density at radius 1 is 1.37 bits per heavy atom. The molecule has 0 bridgehead atoms. The van der Waals surface area contributed by atoms with Crippen LogP contribution >= 0.6 is 24.0 Å². The number of guanidine groups is 1. The van der Waals surface area contributed by atoms with Gasteiger partial charge in [-0.3, -0.25) is 9.67 Å². The SMILES string of the molecule is CN=C(NCc1cn(C)nc1C(F)(F)F)NC1CCN(CCOC)CC1.I. The van der Waals surface area contributed by atoms with Crippen molar-refractivity contribution in [3.05, 3.63) is 17.5 Å². The average molecular weight is 504 g/mol. The van der Waals surface area contributed by atoms with Gasteiger partial charge in [-0.1, -0.05) is 0 Å². The Balaban J connectivity index is 0.00000364. The minimum Gasteiger partial charge on any atom is -0.383 e. The number of aliphatic imine (C=N–C) groups is 1. The Labute approximate surface area is 174 Å². The number of aromatic nitrogens is 2. The van der Waals surface area contributed by atoms with Crippen molar-refractivity contribution in [2.24, 2.45) is 12.0 Å². The third-order valence-electron chi connectivity index (χ3n) is 4.38. The minimum atomic E-state index is -4.47. The molecule has 2 N–H and O–H groups in total. The van der Waals surface area contributed by atoms with Crippen molar-refractivity contribution >= 4 is 29.9 Å². The predicted octanol–water partition coefficient (Wildman–Crippen LogP) is 1.83. The standard InChI is InChI=1S/C16H27F3N6O.HI/c1-20-15(22-13-4-6-25(7-5-13)8-9-26-3)21-10-12-11-24(2)23-14(12)16(17,18)19;/h11,13H,4-10H2,1-3H3,(H2,20,21,22);1H. The molecule has 0 atom stereocenters. The van der Waals surface area contributed by atoms with E-state index in [2.05, 4.69) is 25.6 Å². The van der Waals surface area contributed by atoms with Crippen LogP contribution in [0.1, 0.15) is 24.1 Å². The number of nitrogens with zero attached hydrogens (tertiary/aromatic N) is 4. The molecule has 0 aliphatic carbocycles. The molecule has 11 heteroatoms. The number of aryl methyl sites for hydroxylation is 1. The number of nitrogens with one attached hydrogen (secondary N) is 2. The van der Waals surface area contributed by atoms with E-state index in [1.165, 1.54) is 17.9 Å². The second kappa shape index (κ2) is 11.1. The monoisotopic (exact) mass is 504 g/mol. The number of ether oxygens (including phenoxy) is 1. The van der Waals surface area contributed by atoms with E-state index in [0.717, 1.165) is 32.5 Å². The first-order valence-corrected chi connectivity index (χ1v) is 8.61. The molecule has 0 amide bonds. The lowest BCUT2D eigenvalue weighted by molar-refractivity contribution is -0.142. The Hall–Kier alpha value is -1.08. The molecule has 1 saturated heterocycles. The highest BCUT2D eigenvalue weighted by Gasteiger charge is 2.36. The van der Waals surface area contributed by atoms with Crippen LogP contribution < -0.4 is 10.6 Å². The molecule has 1 aromatic rings. The van der Waals surface area contributed by atoms with Crippen LogP contribution in [0.5, 0.6) is 0 Å². The summed E-state index contributed by atoms with van der Waals surface area (Å²) in [5.74, 6) is 0.498. The summed E-state index contributed by atoms with van der Waals surface area (Å²) < 4.78 is 45.3. The zero-order valence-corrected chi connectivity index (χ0v) is 18.2. The van der Waals surface area contributed by atoms with E-state index in [1.54, 1.807) is 14.2 Å². The summed E-state index contributed by atoms with van der Waals surface area (Å²) in [4.78, 5) is 6.45. The van der Waals surface area contributed by atoms with Gasteiger partial charge in [0.25, 0.3) is 0 Å². The summed E-state index contributed by atoms with van der Waals surface area (Å²) in [6.45, 7) is 3.55. The number of likely N-dealkylation sites (tertiary alicyclic amines) is 1. The minimum absolute atomic E-state index is 0. The van der Waals surface area contributed by atoms with E-state index in [0.29, 0.717) is 12.6 Å². The maximum absolute atomic E-state index is 13.0. The van der Waals surface area contributed by atoms with Gasteiger partial charge in [0.15, 0.2) is 11.7 Å². The lowest BCUT2D eigenvalue weighted by Gasteiger charge is -2.32. The number of halogens is 4. The lowest BCUT2D eigenvalue weighted by Crippen LogP contribution is -2.48. The van der Waals surface area contributed by atoms with Gasteiger partial charge < -0.3 is 20.3 Å². The average Bonchev–Trinajstić information content (AvgIpc) is 2.99. The summed E-state index contributed by atoms with van der Waals surface area (Å²) in [6.07, 6.45) is -1.20. The van der Waals surface area contributed by atoms with Crippen molar-refractivity contribution in [3.8, 4) is 0 Å². The van der Waals surface area contributed by atoms with Gasteiger partial charge in [-0.15, -0.1) is 24.0 Å². The first-order chi connectivity index (χ1) is 12.3. The number of alkyl halides is 3. The molecule has 1 aliphatic heterocycles. The molecule has 27 heavy (non-hydrogen) atoms. The van der Waals surface area contributed by atoms with Crippen molar-refractivity contribution in [2.45, 2.75) is 31.6 Å². The highest BCUT2D eigenvalue weighted by atomic mass is 127. The van der Waals surface area contributed by atoms with Crippen LogP contribution in [0.4, 0.5) is 13.2 Å². The molecule has 0 aromatic carbocycles. The molecule has 0 radical (unpaired) electrons. The predicted molar refractivity (Wildman–Crippen MR) is 108 cm³/mol. The molecular weight excluding hydrogens is 476 g/mol. The van der Waals surface area contributed by atoms with Crippen LogP contribution in [-0.4, -0.2) is 67.1 Å². The summed E-state index contributed by atoms with van der Waals surface area (Å²) in [5.41, 5.74) is -0.772. The maximum atomic E-state index is 13.0. The zero-order chi connectivity index (χ0) is 19.2. The normalized spacial score (nSPS) is 16.9. The number of rotatable bonds is 6. The highest BCUT2D eigenvalue weighted by Crippen LogP contribution is 2.30. The Morgan fingerprint density at radius 3 is 2.59 bits per heavy atom. The van der Waals surface area contributed by atoms with Gasteiger partial charge in [-0.2, -0.15) is 18.3 Å². The van der Waals surface area contributed by atoms with E-state index in [-0.39, 0.29) is 42.1 Å². The van der Waals surface area contributed by atoms with Gasteiger partial charge in [0.05, 0.1) is 6.61 Å². The third-order valence-corrected chi connectivity index (χ3v) is 4.38. The molecule has 156 valence electrons. The number of methoxy groups -OCH3 is 1. The Morgan fingerprint density at radius 2 is 2.04 bits per heavy atom. The second-order valence-corrected chi connectivity index (χ2v) is 6.35. The topological polar surface area (TPSA) is 66.7 Å². The molecule has 1 aliphatic rings. The zero-order valence-electron chi connectivity index (χ0n) is 15.8. The van der Waals surface area contributed by atoms with E-state index >= 15 is 0 Å². The first kappa shape index (κ1) is 24.0. The van der Waals surface area contributed by atoms with Crippen LogP contribution in [0.15, 0.2) is 11.2 Å². The van der Waals surface area contributed by atoms with Gasteiger partial charge in [0, 0.05) is 65.2 Å². The summed E-state index contributed by atoms with van der Waals surface area (Å²) >= 11 is 0. The number of piperidine rings is 1. The molecule has 0 unspecified atom stereocenters. The van der Waals surface area contributed by atoms with Gasteiger partial charge in [-0.25, -0.2) is 0 Å². The number of hydrogen-bond donors (Lipinski definition) is 2. The lowest BCUT2D eigenvalue weighted by atomic mass is 10.1. The molecule has 2 heterocycles. The molecule has 0 spiro atoms. The van der Waals surface area contributed by atoms with E-state index in [4.69, 9.17) is 4.74 Å². The Kier molecular flexibility index (Phi) is 9.81. The van der Waals surface area contributed by atoms with Gasteiger partial charge >= 0.3 is 6.18 Å². The summed E-state index contributed by atoms with van der Waals surface area (Å²) in [6, 6.07) is 0.246. The van der Waals surface area contributed by atoms with Crippen LogP contribution in [-0.2, 0) is 24.5 Å². The fraction of sp³-hybridized carbons (Fsp3) is 0.750. The van der Waals surface area contributed by atoms with Crippen LogP contribution in [0.2, 0.25) is 0 Å². The fourth-order valence-corrected chi connectivity index (χ4v) is 2.99. The first-order valence-electron chi connectivity index (χ1n) is 8.61. The second-order valence-electron chi connectivity index (χ2n) is 6.35. The molecule has 7 nitrogen and oxygen atoms in total. The fourth-order valence-electron chi connectivity index (χ4n) is 2.99. The van der Waals surface area contributed by atoms with E-state index < -0.39 is 11.9 Å². The Bertz CT molecular complexity index is 599. The van der Waals surface area contributed by atoms with Gasteiger partial charge in [0.2, 0.25) is 0 Å². The summed E-state index contributed by atoms with van der Waals surface area (Å²) in [7, 11) is 4.77. The van der Waals surface area contributed by atoms with Crippen molar-refractivity contribution in [3.63, 3.8) is 0 Å². The highest BCUT2D eigenvalue weighted by molar-refractivity contribution is 14.0. The van der Waals surface area contributed by atoms with Crippen molar-refractivity contribution in [1.82, 2.24) is 25.3 Å². The van der Waals surface area contributed by atoms with Crippen LogP contribution in [0, 0.1) is 0 Å². The third kappa shape index (κ3) is 7.45. The molecule has 0 saturated carbocycles. The quantitative estimate of drug-likeness (QED) is 0.352. The van der Waals surface area contributed by atoms with Crippen molar-refractivity contribution in [2.75, 3.05) is 40.4 Å². The van der Waals surface area contributed by atoms with Crippen LogP contribution in [0.3, 0.4) is 0 Å². The van der Waals surface area contributed by atoms with Crippen LogP contribution in [0.25, 0.3) is 0 Å². The maximum Gasteiger partial charge on any atom is 0.435 e. The number of hydrogen-bond acceptors (Lipinski definition) is 4. The molecule has 1 aromatic heterocycles. The van der Waals surface area contributed by atoms with Gasteiger partial charge in [0.1, 0.15) is 0 Å². The van der Waals surface area contributed by atoms with E-state index in [1.807, 2.05) is 0 Å². The van der Waals surface area contributed by atoms with Crippen molar-refractivity contribution in [1.29, 1.82) is 0 Å². The summed E-state index contributed by atoms with van der Waals surface area (Å²) in [5, 5.41) is 9.76. The molecular formula is C16H28F3IN6O.